The van der Waals surface area contributed by atoms with Crippen molar-refractivity contribution in [3.05, 3.63) is 41.4 Å². The van der Waals surface area contributed by atoms with E-state index in [1.165, 1.54) is 0 Å². The molecule has 0 bridgehead atoms. The molecule has 7 nitrogen and oxygen atoms in total. The first-order chi connectivity index (χ1) is 10.9. The highest BCUT2D eigenvalue weighted by Crippen LogP contribution is 2.23. The molecule has 1 aromatic carbocycles. The molecule has 0 aliphatic heterocycles. The van der Waals surface area contributed by atoms with Gasteiger partial charge in [0.15, 0.2) is 0 Å². The van der Waals surface area contributed by atoms with E-state index in [4.69, 9.17) is 41.2 Å². The molecule has 0 unspecified atom stereocenters. The summed E-state index contributed by atoms with van der Waals surface area (Å²) in [6.07, 6.45) is 2.56. The van der Waals surface area contributed by atoms with E-state index in [1.807, 2.05) is 24.3 Å². The average molecular weight is 346 g/mol. The first-order valence-electron chi connectivity index (χ1n) is 6.72. The topological polar surface area (TPSA) is 116 Å². The van der Waals surface area contributed by atoms with Gasteiger partial charge in [0.25, 0.3) is 0 Å². The van der Waals surface area contributed by atoms with Crippen molar-refractivity contribution in [2.75, 3.05) is 26.3 Å². The van der Waals surface area contributed by atoms with Crippen LogP contribution in [0.5, 0.6) is 5.75 Å². The maximum absolute atomic E-state index is 9.10. The Hall–Kier alpha value is -2.09. The van der Waals surface area contributed by atoms with Crippen LogP contribution in [0, 0.1) is 0 Å². The highest BCUT2D eigenvalue weighted by Gasteiger charge is 2.04. The third-order valence-corrected chi connectivity index (χ3v) is 2.63. The standard InChI is InChI=1S/C13H18ClNO2.C2H2O4/c1-2-3-11-10-12(14)4-5-13(11)17-9-7-15-6-8-16;3-1(4)2(5)6/h2,4-5,10,15-16H,1,3,6-9H2;(H,3,4)(H,5,6). The number of carboxylic acid groups (broad SMARTS) is 2. The van der Waals surface area contributed by atoms with E-state index in [9.17, 15) is 0 Å². The van der Waals surface area contributed by atoms with Crippen molar-refractivity contribution in [1.82, 2.24) is 5.32 Å². The summed E-state index contributed by atoms with van der Waals surface area (Å²) in [5.41, 5.74) is 1.04. The molecule has 0 radical (unpaired) electrons. The summed E-state index contributed by atoms with van der Waals surface area (Å²) in [6.45, 7) is 5.70. The van der Waals surface area contributed by atoms with Crippen LogP contribution in [0.25, 0.3) is 0 Å². The molecule has 0 amide bonds. The minimum atomic E-state index is -1.82. The second-order valence-corrected chi connectivity index (χ2v) is 4.61. The van der Waals surface area contributed by atoms with Crippen molar-refractivity contribution in [3.63, 3.8) is 0 Å². The predicted octanol–water partition coefficient (Wildman–Crippen LogP) is 1.18. The van der Waals surface area contributed by atoms with E-state index in [-0.39, 0.29) is 6.61 Å². The van der Waals surface area contributed by atoms with Gasteiger partial charge >= 0.3 is 11.9 Å². The lowest BCUT2D eigenvalue weighted by atomic mass is 10.1. The van der Waals surface area contributed by atoms with Crippen LogP contribution in [0.15, 0.2) is 30.9 Å². The minimum Gasteiger partial charge on any atom is -0.492 e. The molecule has 0 heterocycles. The quantitative estimate of drug-likeness (QED) is 0.317. The van der Waals surface area contributed by atoms with Crippen LogP contribution in [0.2, 0.25) is 5.02 Å². The van der Waals surface area contributed by atoms with Gasteiger partial charge in [-0.3, -0.25) is 0 Å². The number of carboxylic acids is 2. The lowest BCUT2D eigenvalue weighted by Crippen LogP contribution is -2.24. The van der Waals surface area contributed by atoms with E-state index in [2.05, 4.69) is 11.9 Å². The first-order valence-corrected chi connectivity index (χ1v) is 7.10. The van der Waals surface area contributed by atoms with Crippen LogP contribution in [-0.4, -0.2) is 53.6 Å². The molecule has 0 spiro atoms. The number of aliphatic carboxylic acids is 2. The van der Waals surface area contributed by atoms with Gasteiger partial charge in [-0.05, 0) is 30.2 Å². The molecule has 1 aromatic rings. The van der Waals surface area contributed by atoms with E-state index < -0.39 is 11.9 Å². The van der Waals surface area contributed by atoms with Gasteiger partial charge in [0.1, 0.15) is 12.4 Å². The molecule has 128 valence electrons. The molecule has 1 rings (SSSR count). The number of halogens is 1. The monoisotopic (exact) mass is 345 g/mol. The van der Waals surface area contributed by atoms with Crippen LogP contribution in [0.1, 0.15) is 5.56 Å². The average Bonchev–Trinajstić information content (AvgIpc) is 2.50. The van der Waals surface area contributed by atoms with Crippen molar-refractivity contribution in [1.29, 1.82) is 0 Å². The normalized spacial score (nSPS) is 9.48. The fraction of sp³-hybridized carbons (Fsp3) is 0.333. The Kier molecular flexibility index (Phi) is 11.3. The molecule has 0 aromatic heterocycles. The van der Waals surface area contributed by atoms with Gasteiger partial charge in [-0.25, -0.2) is 9.59 Å². The zero-order valence-corrected chi connectivity index (χ0v) is 13.3. The highest BCUT2D eigenvalue weighted by molar-refractivity contribution is 6.30. The Labute approximate surface area is 139 Å². The molecular formula is C15H20ClNO6. The number of rotatable bonds is 8. The van der Waals surface area contributed by atoms with Gasteiger partial charge < -0.3 is 25.4 Å². The van der Waals surface area contributed by atoms with Gasteiger partial charge in [0.2, 0.25) is 0 Å². The molecule has 0 atom stereocenters. The van der Waals surface area contributed by atoms with Crippen LogP contribution in [-0.2, 0) is 16.0 Å². The number of nitrogens with one attached hydrogen (secondary N) is 1. The predicted molar refractivity (Wildman–Crippen MR) is 86.1 cm³/mol. The lowest BCUT2D eigenvalue weighted by molar-refractivity contribution is -0.159. The smallest absolute Gasteiger partial charge is 0.414 e. The van der Waals surface area contributed by atoms with Crippen molar-refractivity contribution in [2.45, 2.75) is 6.42 Å². The summed E-state index contributed by atoms with van der Waals surface area (Å²) in [5.74, 6) is -2.81. The molecule has 23 heavy (non-hydrogen) atoms. The maximum Gasteiger partial charge on any atom is 0.414 e. The van der Waals surface area contributed by atoms with Gasteiger partial charge in [0.05, 0.1) is 6.61 Å². The first kappa shape index (κ1) is 20.9. The summed E-state index contributed by atoms with van der Waals surface area (Å²) >= 11 is 5.93. The fourth-order valence-corrected chi connectivity index (χ4v) is 1.64. The Bertz CT molecular complexity index is 509. The number of allylic oxidation sites excluding steroid dienone is 1. The second-order valence-electron chi connectivity index (χ2n) is 4.18. The summed E-state index contributed by atoms with van der Waals surface area (Å²) < 4.78 is 5.64. The van der Waals surface area contributed by atoms with Crippen molar-refractivity contribution >= 4 is 23.5 Å². The summed E-state index contributed by atoms with van der Waals surface area (Å²) in [4.78, 5) is 18.2. The van der Waals surface area contributed by atoms with Crippen molar-refractivity contribution in [3.8, 4) is 5.75 Å². The summed E-state index contributed by atoms with van der Waals surface area (Å²) in [6, 6.07) is 5.57. The van der Waals surface area contributed by atoms with Crippen LogP contribution in [0.3, 0.4) is 0 Å². The number of benzene rings is 1. The van der Waals surface area contributed by atoms with Crippen molar-refractivity contribution in [2.24, 2.45) is 0 Å². The molecule has 0 aliphatic rings. The van der Waals surface area contributed by atoms with Gasteiger partial charge in [-0.1, -0.05) is 17.7 Å². The van der Waals surface area contributed by atoms with Crippen molar-refractivity contribution < 1.29 is 29.6 Å². The number of carbonyl (C=O) groups is 2. The van der Waals surface area contributed by atoms with Crippen LogP contribution < -0.4 is 10.1 Å². The lowest BCUT2D eigenvalue weighted by Gasteiger charge is -2.11. The Balaban J connectivity index is 0.000000688. The Morgan fingerprint density at radius 3 is 2.43 bits per heavy atom. The van der Waals surface area contributed by atoms with E-state index in [0.29, 0.717) is 24.7 Å². The van der Waals surface area contributed by atoms with Crippen LogP contribution >= 0.6 is 11.6 Å². The number of aliphatic hydroxyl groups excluding tert-OH is 1. The zero-order chi connectivity index (χ0) is 17.7. The number of hydrogen-bond acceptors (Lipinski definition) is 5. The van der Waals surface area contributed by atoms with E-state index in [0.717, 1.165) is 17.7 Å². The molecule has 4 N–H and O–H groups in total. The fourth-order valence-electron chi connectivity index (χ4n) is 1.44. The molecule has 0 aliphatic carbocycles. The Morgan fingerprint density at radius 1 is 1.26 bits per heavy atom. The molecule has 0 fully saturated rings. The molecule has 0 saturated heterocycles. The van der Waals surface area contributed by atoms with Gasteiger partial charge in [-0.15, -0.1) is 6.58 Å². The molecule has 8 heteroatoms. The van der Waals surface area contributed by atoms with E-state index in [1.54, 1.807) is 0 Å². The number of ether oxygens (including phenoxy) is 1. The van der Waals surface area contributed by atoms with Gasteiger partial charge in [0, 0.05) is 18.1 Å². The molecule has 0 saturated carbocycles. The maximum atomic E-state index is 9.10. The molecular weight excluding hydrogens is 326 g/mol. The largest absolute Gasteiger partial charge is 0.492 e. The van der Waals surface area contributed by atoms with Crippen LogP contribution in [0.4, 0.5) is 0 Å². The third-order valence-electron chi connectivity index (χ3n) is 2.39. The minimum absolute atomic E-state index is 0.142. The highest BCUT2D eigenvalue weighted by atomic mass is 35.5. The third kappa shape index (κ3) is 10.3. The van der Waals surface area contributed by atoms with E-state index >= 15 is 0 Å². The second kappa shape index (κ2) is 12.5. The SMILES string of the molecule is C=CCc1cc(Cl)ccc1OCCNCCO.O=C(O)C(=O)O. The van der Waals surface area contributed by atoms with Gasteiger partial charge in [-0.2, -0.15) is 0 Å². The summed E-state index contributed by atoms with van der Waals surface area (Å²) in [5, 5.41) is 27.1. The number of aliphatic hydroxyl groups is 1. The Morgan fingerprint density at radius 2 is 1.91 bits per heavy atom. The summed E-state index contributed by atoms with van der Waals surface area (Å²) in [7, 11) is 0. The zero-order valence-electron chi connectivity index (χ0n) is 12.5. The number of hydrogen-bond donors (Lipinski definition) is 4.